The molecule has 0 saturated carbocycles. The Labute approximate surface area is 114 Å². The third-order valence-electron chi connectivity index (χ3n) is 3.67. The topological polar surface area (TPSA) is 44.8 Å². The Hall–Kier alpha value is -1.33. The molecule has 0 radical (unpaired) electrons. The maximum Gasteiger partial charge on any atom is 0.494 e. The molecule has 1 aromatic carbocycles. The fourth-order valence-electron chi connectivity index (χ4n) is 1.84. The van der Waals surface area contributed by atoms with E-state index in [-0.39, 0.29) is 17.2 Å². The van der Waals surface area contributed by atoms with E-state index in [1.165, 1.54) is 6.92 Å². The second kappa shape index (κ2) is 4.65. The molecule has 1 fully saturated rings. The first kappa shape index (κ1) is 14.1. The number of rotatable bonds is 2. The molecule has 0 N–H and O–H groups in total. The van der Waals surface area contributed by atoms with Gasteiger partial charge in [0, 0.05) is 6.92 Å². The smallest absolute Gasteiger partial charge is 0.427 e. The van der Waals surface area contributed by atoms with Crippen LogP contribution in [0.2, 0.25) is 0 Å². The molecule has 1 saturated heterocycles. The Morgan fingerprint density at radius 1 is 1.05 bits per heavy atom. The molecule has 1 aliphatic rings. The van der Waals surface area contributed by atoms with Crippen LogP contribution in [-0.2, 0) is 14.1 Å². The van der Waals surface area contributed by atoms with Gasteiger partial charge in [-0.25, -0.2) is 0 Å². The van der Waals surface area contributed by atoms with E-state index in [0.29, 0.717) is 5.75 Å². The second-order valence-electron chi connectivity index (χ2n) is 5.75. The molecule has 1 heterocycles. The first-order chi connectivity index (χ1) is 8.71. The monoisotopic (exact) mass is 262 g/mol. The first-order valence-electron chi connectivity index (χ1n) is 6.35. The summed E-state index contributed by atoms with van der Waals surface area (Å²) < 4.78 is 16.9. The molecule has 0 aromatic heterocycles. The lowest BCUT2D eigenvalue weighted by Gasteiger charge is -2.32. The van der Waals surface area contributed by atoms with Crippen molar-refractivity contribution < 1.29 is 18.8 Å². The van der Waals surface area contributed by atoms with Crippen LogP contribution in [-0.4, -0.2) is 24.3 Å². The van der Waals surface area contributed by atoms with Gasteiger partial charge in [0.15, 0.2) is 0 Å². The number of ether oxygens (including phenoxy) is 1. The highest BCUT2D eigenvalue weighted by Crippen LogP contribution is 2.36. The summed E-state index contributed by atoms with van der Waals surface area (Å²) in [5.74, 6) is 0.191. The molecule has 1 aromatic rings. The van der Waals surface area contributed by atoms with Crippen molar-refractivity contribution in [2.45, 2.75) is 45.8 Å². The predicted octanol–water partition coefficient (Wildman–Crippen LogP) is 1.91. The third-order valence-corrected chi connectivity index (χ3v) is 3.67. The summed E-state index contributed by atoms with van der Waals surface area (Å²) in [5, 5.41) is 0. The molecule has 2 rings (SSSR count). The van der Waals surface area contributed by atoms with Crippen molar-refractivity contribution in [1.82, 2.24) is 0 Å². The lowest BCUT2D eigenvalue weighted by Crippen LogP contribution is -2.41. The molecule has 4 nitrogen and oxygen atoms in total. The van der Waals surface area contributed by atoms with E-state index >= 15 is 0 Å². The van der Waals surface area contributed by atoms with Gasteiger partial charge in [-0.05, 0) is 45.3 Å². The number of esters is 1. The number of hydrogen-bond acceptors (Lipinski definition) is 4. The number of benzene rings is 1. The molecule has 102 valence electrons. The minimum atomic E-state index is -0.392. The van der Waals surface area contributed by atoms with Gasteiger partial charge in [-0.3, -0.25) is 4.79 Å². The normalized spacial score (nSPS) is 20.4. The van der Waals surface area contributed by atoms with Crippen molar-refractivity contribution in [1.29, 1.82) is 0 Å². The van der Waals surface area contributed by atoms with Crippen molar-refractivity contribution in [2.24, 2.45) is 0 Å². The van der Waals surface area contributed by atoms with Gasteiger partial charge in [0.25, 0.3) is 0 Å². The summed E-state index contributed by atoms with van der Waals surface area (Å²) in [4.78, 5) is 10.9. The zero-order chi connectivity index (χ0) is 14.3. The molecule has 1 aliphatic heterocycles. The van der Waals surface area contributed by atoms with Gasteiger partial charge in [-0.2, -0.15) is 0 Å². The van der Waals surface area contributed by atoms with E-state index in [0.717, 1.165) is 5.46 Å². The SMILES string of the molecule is CC(=O)Oc1ccc(B2OC(C)(C)C(C)(C)O2)cc1. The summed E-state index contributed by atoms with van der Waals surface area (Å²) in [6, 6.07) is 7.17. The van der Waals surface area contributed by atoms with Crippen LogP contribution < -0.4 is 10.2 Å². The van der Waals surface area contributed by atoms with E-state index in [2.05, 4.69) is 0 Å². The van der Waals surface area contributed by atoms with Crippen molar-refractivity contribution in [3.8, 4) is 5.75 Å². The molecule has 19 heavy (non-hydrogen) atoms. The molecule has 0 bridgehead atoms. The highest BCUT2D eigenvalue weighted by Gasteiger charge is 2.51. The predicted molar refractivity (Wildman–Crippen MR) is 73.5 cm³/mol. The number of carbonyl (C=O) groups excluding carboxylic acids is 1. The Kier molecular flexibility index (Phi) is 3.45. The van der Waals surface area contributed by atoms with E-state index < -0.39 is 7.12 Å². The molecule has 0 amide bonds. The van der Waals surface area contributed by atoms with E-state index in [1.54, 1.807) is 12.1 Å². The van der Waals surface area contributed by atoms with Gasteiger partial charge >= 0.3 is 13.1 Å². The van der Waals surface area contributed by atoms with Crippen molar-refractivity contribution in [3.05, 3.63) is 24.3 Å². The van der Waals surface area contributed by atoms with Gasteiger partial charge in [0.2, 0.25) is 0 Å². The van der Waals surface area contributed by atoms with Crippen LogP contribution in [0.5, 0.6) is 5.75 Å². The van der Waals surface area contributed by atoms with Crippen LogP contribution in [0.1, 0.15) is 34.6 Å². The maximum absolute atomic E-state index is 10.9. The highest BCUT2D eigenvalue weighted by molar-refractivity contribution is 6.62. The van der Waals surface area contributed by atoms with Gasteiger partial charge < -0.3 is 14.0 Å². The van der Waals surface area contributed by atoms with Crippen molar-refractivity contribution in [3.63, 3.8) is 0 Å². The van der Waals surface area contributed by atoms with Gasteiger partial charge in [-0.1, -0.05) is 12.1 Å². The number of hydrogen-bond donors (Lipinski definition) is 0. The Bertz CT molecular complexity index is 463. The van der Waals surface area contributed by atoms with Crippen LogP contribution in [0, 0.1) is 0 Å². The summed E-state index contributed by atoms with van der Waals surface area (Å²) in [6.07, 6.45) is 0. The summed E-state index contributed by atoms with van der Waals surface area (Å²) >= 11 is 0. The molecule has 0 atom stereocenters. The Morgan fingerprint density at radius 3 is 1.95 bits per heavy atom. The van der Waals surface area contributed by atoms with Crippen LogP contribution in [0.15, 0.2) is 24.3 Å². The molecule has 0 aliphatic carbocycles. The van der Waals surface area contributed by atoms with Crippen molar-refractivity contribution >= 4 is 18.6 Å². The zero-order valence-corrected chi connectivity index (χ0v) is 12.0. The third kappa shape index (κ3) is 2.82. The fourth-order valence-corrected chi connectivity index (χ4v) is 1.84. The van der Waals surface area contributed by atoms with E-state index in [1.807, 2.05) is 39.8 Å². The average molecular weight is 262 g/mol. The molecular formula is C14H19BO4. The van der Waals surface area contributed by atoms with Crippen LogP contribution in [0.4, 0.5) is 0 Å². The van der Waals surface area contributed by atoms with Gasteiger partial charge in [-0.15, -0.1) is 0 Å². The fraction of sp³-hybridized carbons (Fsp3) is 0.500. The molecule has 0 spiro atoms. The quantitative estimate of drug-likeness (QED) is 0.464. The van der Waals surface area contributed by atoms with Gasteiger partial charge in [0.1, 0.15) is 5.75 Å². The van der Waals surface area contributed by atoms with Crippen LogP contribution in [0.3, 0.4) is 0 Å². The maximum atomic E-state index is 10.9. The summed E-state index contributed by atoms with van der Waals surface area (Å²) in [5.41, 5.74) is 0.202. The zero-order valence-electron chi connectivity index (χ0n) is 12.0. The Morgan fingerprint density at radius 2 is 1.53 bits per heavy atom. The molecular weight excluding hydrogens is 243 g/mol. The molecule has 0 unspecified atom stereocenters. The largest absolute Gasteiger partial charge is 0.494 e. The van der Waals surface area contributed by atoms with Crippen molar-refractivity contribution in [2.75, 3.05) is 0 Å². The van der Waals surface area contributed by atoms with E-state index in [9.17, 15) is 4.79 Å². The lowest BCUT2D eigenvalue weighted by atomic mass is 9.79. The first-order valence-corrected chi connectivity index (χ1v) is 6.35. The van der Waals surface area contributed by atoms with Crippen LogP contribution in [0.25, 0.3) is 0 Å². The lowest BCUT2D eigenvalue weighted by molar-refractivity contribution is -0.131. The Balaban J connectivity index is 2.14. The van der Waals surface area contributed by atoms with E-state index in [4.69, 9.17) is 14.0 Å². The minimum Gasteiger partial charge on any atom is -0.427 e. The van der Waals surface area contributed by atoms with Crippen LogP contribution >= 0.6 is 0 Å². The standard InChI is InChI=1S/C14H19BO4/c1-10(16)17-12-8-6-11(7-9-12)15-18-13(2,3)14(4,5)19-15/h6-9H,1-5H3. The number of carbonyl (C=O) groups is 1. The van der Waals surface area contributed by atoms with Gasteiger partial charge in [0.05, 0.1) is 11.2 Å². The molecule has 5 heteroatoms. The summed E-state index contributed by atoms with van der Waals surface area (Å²) in [6.45, 7) is 9.43. The second-order valence-corrected chi connectivity index (χ2v) is 5.75. The highest BCUT2D eigenvalue weighted by atomic mass is 16.7. The summed E-state index contributed by atoms with van der Waals surface area (Å²) in [7, 11) is -0.392. The average Bonchev–Trinajstić information content (AvgIpc) is 2.48. The minimum absolute atomic E-state index is 0.330.